The van der Waals surface area contributed by atoms with Gasteiger partial charge in [-0.2, -0.15) is 5.10 Å². The molecule has 0 aromatic heterocycles. The van der Waals surface area contributed by atoms with Gasteiger partial charge >= 0.3 is 11.8 Å². The van der Waals surface area contributed by atoms with E-state index >= 15 is 0 Å². The van der Waals surface area contributed by atoms with Gasteiger partial charge in [0.2, 0.25) is 0 Å². The monoisotopic (exact) mass is 413 g/mol. The number of carbonyl (C=O) groups is 2. The molecule has 0 aliphatic heterocycles. The van der Waals surface area contributed by atoms with Crippen LogP contribution in [0.2, 0.25) is 0 Å². The van der Waals surface area contributed by atoms with Gasteiger partial charge in [0.05, 0.1) is 33.2 Å². The molecule has 0 radical (unpaired) electrons. The Morgan fingerprint density at radius 1 is 0.967 bits per heavy atom. The molecule has 0 aliphatic carbocycles. The molecule has 2 aromatic rings. The van der Waals surface area contributed by atoms with Gasteiger partial charge in [0.15, 0.2) is 11.5 Å². The van der Waals surface area contributed by atoms with Gasteiger partial charge in [-0.1, -0.05) is 12.7 Å². The van der Waals surface area contributed by atoms with Gasteiger partial charge in [0, 0.05) is 6.07 Å². The van der Waals surface area contributed by atoms with Gasteiger partial charge in [-0.15, -0.1) is 0 Å². The van der Waals surface area contributed by atoms with Crippen LogP contribution in [0.3, 0.4) is 0 Å². The van der Waals surface area contributed by atoms with Crippen LogP contribution in [-0.4, -0.2) is 46.0 Å². The molecule has 0 atom stereocenters. The normalized spacial score (nSPS) is 10.2. The Morgan fingerprint density at radius 2 is 1.70 bits per heavy atom. The molecule has 0 unspecified atom stereocenters. The number of anilines is 1. The number of benzene rings is 2. The number of hydrogen-bond donors (Lipinski definition) is 2. The third-order valence-electron chi connectivity index (χ3n) is 3.79. The number of nitrogens with one attached hydrogen (secondary N) is 2. The molecule has 0 aliphatic rings. The van der Waals surface area contributed by atoms with Crippen molar-refractivity contribution in [2.45, 2.75) is 0 Å². The minimum atomic E-state index is -0.950. The first kappa shape index (κ1) is 22.3. The van der Waals surface area contributed by atoms with Crippen LogP contribution < -0.4 is 29.7 Å². The van der Waals surface area contributed by atoms with Gasteiger partial charge in [0.1, 0.15) is 18.1 Å². The summed E-state index contributed by atoms with van der Waals surface area (Å²) in [6, 6.07) is 9.91. The second kappa shape index (κ2) is 11.1. The SMILES string of the molecule is C=CCOc1ccc(C=NNC(=O)C(=O)Nc2cc(OC)ccc2OC)cc1OC. The first-order chi connectivity index (χ1) is 14.5. The second-order valence-electron chi connectivity index (χ2n) is 5.73. The number of carbonyl (C=O) groups excluding carboxylic acids is 2. The molecule has 0 saturated carbocycles. The molecule has 0 bridgehead atoms. The molecule has 158 valence electrons. The molecule has 2 rings (SSSR count). The fourth-order valence-electron chi connectivity index (χ4n) is 2.34. The first-order valence-corrected chi connectivity index (χ1v) is 8.80. The Morgan fingerprint density at radius 3 is 2.37 bits per heavy atom. The fourth-order valence-corrected chi connectivity index (χ4v) is 2.34. The lowest BCUT2D eigenvalue weighted by Crippen LogP contribution is -2.32. The summed E-state index contributed by atoms with van der Waals surface area (Å²) in [7, 11) is 4.45. The molecular weight excluding hydrogens is 390 g/mol. The Balaban J connectivity index is 2.00. The average molecular weight is 413 g/mol. The molecule has 0 fully saturated rings. The van der Waals surface area contributed by atoms with E-state index in [0.29, 0.717) is 40.9 Å². The van der Waals surface area contributed by atoms with Crippen LogP contribution in [-0.2, 0) is 9.59 Å². The molecule has 2 amide bonds. The molecule has 0 saturated heterocycles. The predicted molar refractivity (Wildman–Crippen MR) is 113 cm³/mol. The lowest BCUT2D eigenvalue weighted by Gasteiger charge is -2.11. The number of rotatable bonds is 9. The van der Waals surface area contributed by atoms with E-state index in [1.54, 1.807) is 36.4 Å². The third-order valence-corrected chi connectivity index (χ3v) is 3.79. The van der Waals surface area contributed by atoms with Crippen LogP contribution in [0.5, 0.6) is 23.0 Å². The summed E-state index contributed by atoms with van der Waals surface area (Å²) in [4.78, 5) is 24.2. The third kappa shape index (κ3) is 5.99. The molecule has 0 spiro atoms. The van der Waals surface area contributed by atoms with E-state index < -0.39 is 11.8 Å². The number of nitrogens with zero attached hydrogens (tertiary/aromatic N) is 1. The summed E-state index contributed by atoms with van der Waals surface area (Å²) in [5, 5.41) is 6.25. The second-order valence-corrected chi connectivity index (χ2v) is 5.73. The number of amides is 2. The maximum atomic E-state index is 12.1. The van der Waals surface area contributed by atoms with Crippen molar-refractivity contribution in [3.05, 3.63) is 54.6 Å². The van der Waals surface area contributed by atoms with Crippen molar-refractivity contribution in [2.24, 2.45) is 5.10 Å². The number of ether oxygens (including phenoxy) is 4. The van der Waals surface area contributed by atoms with Crippen LogP contribution >= 0.6 is 0 Å². The first-order valence-electron chi connectivity index (χ1n) is 8.80. The van der Waals surface area contributed by atoms with Crippen molar-refractivity contribution in [3.63, 3.8) is 0 Å². The minimum absolute atomic E-state index is 0.292. The average Bonchev–Trinajstić information content (AvgIpc) is 2.77. The molecule has 0 heterocycles. The minimum Gasteiger partial charge on any atom is -0.497 e. The highest BCUT2D eigenvalue weighted by atomic mass is 16.5. The van der Waals surface area contributed by atoms with Crippen molar-refractivity contribution in [2.75, 3.05) is 33.3 Å². The molecule has 9 nitrogen and oxygen atoms in total. The van der Waals surface area contributed by atoms with Crippen molar-refractivity contribution in [3.8, 4) is 23.0 Å². The molecule has 9 heteroatoms. The number of hydrazone groups is 1. The molecule has 2 N–H and O–H groups in total. The van der Waals surface area contributed by atoms with E-state index in [9.17, 15) is 9.59 Å². The Hall–Kier alpha value is -4.01. The highest BCUT2D eigenvalue weighted by molar-refractivity contribution is 6.39. The van der Waals surface area contributed by atoms with Crippen molar-refractivity contribution < 1.29 is 28.5 Å². The van der Waals surface area contributed by atoms with Crippen LogP contribution in [0.1, 0.15) is 5.56 Å². The highest BCUT2D eigenvalue weighted by Crippen LogP contribution is 2.29. The van der Waals surface area contributed by atoms with Crippen LogP contribution in [0.4, 0.5) is 5.69 Å². The molecular formula is C21H23N3O6. The zero-order valence-electron chi connectivity index (χ0n) is 16.9. The quantitative estimate of drug-likeness (QED) is 0.283. The molecule has 30 heavy (non-hydrogen) atoms. The van der Waals surface area contributed by atoms with E-state index in [1.807, 2.05) is 0 Å². The zero-order valence-corrected chi connectivity index (χ0v) is 16.9. The topological polar surface area (TPSA) is 107 Å². The zero-order chi connectivity index (χ0) is 21.9. The van der Waals surface area contributed by atoms with E-state index in [4.69, 9.17) is 18.9 Å². The summed E-state index contributed by atoms with van der Waals surface area (Å²) in [5.41, 5.74) is 3.09. The van der Waals surface area contributed by atoms with E-state index in [-0.39, 0.29) is 0 Å². The van der Waals surface area contributed by atoms with E-state index in [2.05, 4.69) is 22.4 Å². The summed E-state index contributed by atoms with van der Waals surface area (Å²) in [6.45, 7) is 3.93. The van der Waals surface area contributed by atoms with E-state index in [0.717, 1.165) is 0 Å². The van der Waals surface area contributed by atoms with Crippen molar-refractivity contribution in [1.82, 2.24) is 5.43 Å². The van der Waals surface area contributed by atoms with Crippen molar-refractivity contribution >= 4 is 23.7 Å². The lowest BCUT2D eigenvalue weighted by atomic mass is 10.2. The van der Waals surface area contributed by atoms with Gasteiger partial charge in [-0.25, -0.2) is 5.43 Å². The summed E-state index contributed by atoms with van der Waals surface area (Å²) < 4.78 is 21.0. The fraction of sp³-hybridized carbons (Fsp3) is 0.190. The summed E-state index contributed by atoms with van der Waals surface area (Å²) in [6.07, 6.45) is 2.99. The number of hydrogen-bond acceptors (Lipinski definition) is 7. The Labute approximate surface area is 174 Å². The van der Waals surface area contributed by atoms with E-state index in [1.165, 1.54) is 33.6 Å². The largest absolute Gasteiger partial charge is 0.497 e. The van der Waals surface area contributed by atoms with Crippen LogP contribution in [0.25, 0.3) is 0 Å². The maximum absolute atomic E-state index is 12.1. The molecule has 2 aromatic carbocycles. The van der Waals surface area contributed by atoms with Crippen LogP contribution in [0, 0.1) is 0 Å². The standard InChI is InChI=1S/C21H23N3O6/c1-5-10-30-18-8-6-14(11-19(18)29-4)13-22-24-21(26)20(25)23-16-12-15(27-2)7-9-17(16)28-3/h5-9,11-13H,1,10H2,2-4H3,(H,23,25)(H,24,26). The number of methoxy groups -OCH3 is 3. The highest BCUT2D eigenvalue weighted by Gasteiger charge is 2.16. The summed E-state index contributed by atoms with van der Waals surface area (Å²) >= 11 is 0. The van der Waals surface area contributed by atoms with Crippen molar-refractivity contribution in [1.29, 1.82) is 0 Å². The van der Waals surface area contributed by atoms with Crippen LogP contribution in [0.15, 0.2) is 54.2 Å². The van der Waals surface area contributed by atoms with Gasteiger partial charge in [-0.05, 0) is 35.9 Å². The smallest absolute Gasteiger partial charge is 0.329 e. The van der Waals surface area contributed by atoms with Gasteiger partial charge in [0.25, 0.3) is 0 Å². The van der Waals surface area contributed by atoms with Gasteiger partial charge in [-0.3, -0.25) is 9.59 Å². The lowest BCUT2D eigenvalue weighted by molar-refractivity contribution is -0.136. The predicted octanol–water partition coefficient (Wildman–Crippen LogP) is 2.37. The Bertz CT molecular complexity index is 942. The Kier molecular flexibility index (Phi) is 8.25. The summed E-state index contributed by atoms with van der Waals surface area (Å²) in [5.74, 6) is 0.0592. The maximum Gasteiger partial charge on any atom is 0.329 e. The van der Waals surface area contributed by atoms with Gasteiger partial charge < -0.3 is 24.3 Å².